The van der Waals surface area contributed by atoms with Crippen LogP contribution in [-0.4, -0.2) is 59.2 Å². The minimum atomic E-state index is -0.506. The third kappa shape index (κ3) is 4.08. The molecule has 0 bridgehead atoms. The smallest absolute Gasteiger partial charge is 0.229 e. The van der Waals surface area contributed by atoms with Crippen molar-refractivity contribution in [1.82, 2.24) is 35.1 Å². The number of piperidine rings is 1. The van der Waals surface area contributed by atoms with E-state index < -0.39 is 11.6 Å². The Morgan fingerprint density at radius 2 is 2.00 bits per heavy atom. The molecule has 3 atom stereocenters. The SMILES string of the molecule is Cc1nnnn1-c1cc(Nc2ncc(F)c(NC3CC(C)(C)N4CCCC4C3C)n2)ccc1F. The van der Waals surface area contributed by atoms with Gasteiger partial charge in [-0.25, -0.2) is 13.8 Å². The van der Waals surface area contributed by atoms with Crippen molar-refractivity contribution in [2.24, 2.45) is 5.92 Å². The van der Waals surface area contributed by atoms with Crippen LogP contribution in [0.5, 0.6) is 0 Å². The van der Waals surface area contributed by atoms with Crippen molar-refractivity contribution in [1.29, 1.82) is 0 Å². The number of nitrogens with zero attached hydrogens (tertiary/aromatic N) is 7. The van der Waals surface area contributed by atoms with E-state index in [9.17, 15) is 8.78 Å². The highest BCUT2D eigenvalue weighted by Gasteiger charge is 2.47. The number of aromatic nitrogens is 6. The molecule has 2 aliphatic heterocycles. The number of benzene rings is 1. The van der Waals surface area contributed by atoms with Crippen molar-refractivity contribution in [2.75, 3.05) is 17.2 Å². The van der Waals surface area contributed by atoms with E-state index in [1.807, 2.05) is 0 Å². The summed E-state index contributed by atoms with van der Waals surface area (Å²) in [6.07, 6.45) is 4.40. The summed E-state index contributed by atoms with van der Waals surface area (Å²) in [5.74, 6) is 0.202. The van der Waals surface area contributed by atoms with Gasteiger partial charge in [-0.1, -0.05) is 6.92 Å². The van der Waals surface area contributed by atoms with E-state index in [1.165, 1.54) is 17.2 Å². The van der Waals surface area contributed by atoms with Crippen LogP contribution in [0.4, 0.5) is 26.2 Å². The van der Waals surface area contributed by atoms with Crippen LogP contribution < -0.4 is 10.6 Å². The third-order valence-electron chi connectivity index (χ3n) is 7.16. The molecular formula is C23H29F2N9. The summed E-state index contributed by atoms with van der Waals surface area (Å²) in [6.45, 7) is 9.55. The molecule has 5 rings (SSSR count). The van der Waals surface area contributed by atoms with Gasteiger partial charge in [-0.2, -0.15) is 9.67 Å². The molecule has 9 nitrogen and oxygen atoms in total. The maximum Gasteiger partial charge on any atom is 0.229 e. The first-order chi connectivity index (χ1) is 16.2. The van der Waals surface area contributed by atoms with Crippen LogP contribution in [0.2, 0.25) is 0 Å². The predicted octanol–water partition coefficient (Wildman–Crippen LogP) is 3.85. The van der Waals surface area contributed by atoms with E-state index in [2.05, 4.69) is 61.8 Å². The minimum absolute atomic E-state index is 0.0365. The van der Waals surface area contributed by atoms with Gasteiger partial charge in [0, 0.05) is 23.3 Å². The second-order valence-electron chi connectivity index (χ2n) is 9.85. The zero-order valence-corrected chi connectivity index (χ0v) is 19.8. The molecule has 2 N–H and O–H groups in total. The molecule has 0 radical (unpaired) electrons. The highest BCUT2D eigenvalue weighted by Crippen LogP contribution is 2.41. The summed E-state index contributed by atoms with van der Waals surface area (Å²) in [5, 5.41) is 17.6. The fourth-order valence-electron chi connectivity index (χ4n) is 5.42. The summed E-state index contributed by atoms with van der Waals surface area (Å²) in [4.78, 5) is 11.1. The first-order valence-electron chi connectivity index (χ1n) is 11.6. The molecular weight excluding hydrogens is 440 g/mol. The highest BCUT2D eigenvalue weighted by molar-refractivity contribution is 5.59. The van der Waals surface area contributed by atoms with Crippen LogP contribution in [0.25, 0.3) is 5.69 Å². The molecule has 2 aliphatic rings. The minimum Gasteiger partial charge on any atom is -0.364 e. The number of rotatable bonds is 5. The summed E-state index contributed by atoms with van der Waals surface area (Å²) < 4.78 is 30.4. The second-order valence-corrected chi connectivity index (χ2v) is 9.85. The van der Waals surface area contributed by atoms with Crippen LogP contribution >= 0.6 is 0 Å². The van der Waals surface area contributed by atoms with Crippen molar-refractivity contribution in [3.05, 3.63) is 41.9 Å². The van der Waals surface area contributed by atoms with Crippen molar-refractivity contribution in [2.45, 2.75) is 64.6 Å². The number of tetrazole rings is 1. The summed E-state index contributed by atoms with van der Waals surface area (Å²) in [5.41, 5.74) is 0.749. The topological polar surface area (TPSA) is 96.7 Å². The molecule has 2 aromatic heterocycles. The van der Waals surface area contributed by atoms with Gasteiger partial charge in [-0.15, -0.1) is 5.10 Å². The molecule has 34 heavy (non-hydrogen) atoms. The predicted molar refractivity (Wildman–Crippen MR) is 124 cm³/mol. The molecule has 2 fully saturated rings. The molecule has 180 valence electrons. The van der Waals surface area contributed by atoms with E-state index in [0.717, 1.165) is 25.6 Å². The lowest BCUT2D eigenvalue weighted by Crippen LogP contribution is -2.59. The molecule has 1 aromatic carbocycles. The summed E-state index contributed by atoms with van der Waals surface area (Å²) in [7, 11) is 0. The fourth-order valence-corrected chi connectivity index (χ4v) is 5.42. The van der Waals surface area contributed by atoms with E-state index in [0.29, 0.717) is 23.5 Å². The zero-order chi connectivity index (χ0) is 24.0. The van der Waals surface area contributed by atoms with Gasteiger partial charge in [-0.3, -0.25) is 4.90 Å². The van der Waals surface area contributed by atoms with Gasteiger partial charge in [0.1, 0.15) is 11.5 Å². The quantitative estimate of drug-likeness (QED) is 0.582. The lowest BCUT2D eigenvalue weighted by Gasteiger charge is -2.51. The number of aryl methyl sites for hydroxylation is 1. The average Bonchev–Trinajstić information content (AvgIpc) is 3.45. The number of fused-ring (bicyclic) bond motifs is 1. The van der Waals surface area contributed by atoms with Crippen LogP contribution in [0.1, 0.15) is 45.9 Å². The molecule has 4 heterocycles. The second kappa shape index (κ2) is 8.53. The molecule has 3 unspecified atom stereocenters. The van der Waals surface area contributed by atoms with Crippen LogP contribution in [-0.2, 0) is 0 Å². The number of hydrogen-bond donors (Lipinski definition) is 2. The van der Waals surface area contributed by atoms with Gasteiger partial charge in [0.05, 0.1) is 6.20 Å². The van der Waals surface area contributed by atoms with Crippen molar-refractivity contribution in [3.63, 3.8) is 0 Å². The fraction of sp³-hybridized carbons (Fsp3) is 0.522. The number of halogens is 2. The zero-order valence-electron chi connectivity index (χ0n) is 19.8. The first-order valence-corrected chi connectivity index (χ1v) is 11.6. The molecule has 2 saturated heterocycles. The standard InChI is InChI=1S/C23H29F2N9/c1-13-18(11-23(3,4)33-9-5-6-19(13)33)28-21-17(25)12-26-22(29-21)27-15-7-8-16(24)20(10-15)34-14(2)30-31-32-34/h7-8,10,12-13,18-19H,5-6,9,11H2,1-4H3,(H2,26,27,28,29). The number of anilines is 3. The Morgan fingerprint density at radius 1 is 1.18 bits per heavy atom. The van der Waals surface area contributed by atoms with E-state index in [1.54, 1.807) is 19.1 Å². The Kier molecular flexibility index (Phi) is 5.67. The first kappa shape index (κ1) is 22.6. The van der Waals surface area contributed by atoms with Gasteiger partial charge >= 0.3 is 0 Å². The van der Waals surface area contributed by atoms with Gasteiger partial charge < -0.3 is 10.6 Å². The van der Waals surface area contributed by atoms with Crippen LogP contribution in [0.15, 0.2) is 24.4 Å². The Hall–Kier alpha value is -3.21. The molecule has 0 spiro atoms. The molecule has 0 aliphatic carbocycles. The normalized spacial score (nSPS) is 24.1. The van der Waals surface area contributed by atoms with Crippen LogP contribution in [0.3, 0.4) is 0 Å². The Labute approximate surface area is 197 Å². The summed E-state index contributed by atoms with van der Waals surface area (Å²) >= 11 is 0. The van der Waals surface area contributed by atoms with Gasteiger partial charge in [0.25, 0.3) is 0 Å². The highest BCUT2D eigenvalue weighted by atomic mass is 19.1. The Morgan fingerprint density at radius 3 is 2.76 bits per heavy atom. The molecule has 3 aromatic rings. The maximum atomic E-state index is 14.7. The van der Waals surface area contributed by atoms with Gasteiger partial charge in [0.15, 0.2) is 17.5 Å². The van der Waals surface area contributed by atoms with Crippen molar-refractivity contribution < 1.29 is 8.78 Å². The maximum absolute atomic E-state index is 14.7. The Balaban J connectivity index is 1.37. The number of nitrogens with one attached hydrogen (secondary N) is 2. The average molecular weight is 470 g/mol. The summed E-state index contributed by atoms with van der Waals surface area (Å²) in [6, 6.07) is 4.99. The molecule has 11 heteroatoms. The van der Waals surface area contributed by atoms with E-state index >= 15 is 0 Å². The monoisotopic (exact) mass is 469 g/mol. The molecule has 0 amide bonds. The van der Waals surface area contributed by atoms with E-state index in [-0.39, 0.29) is 29.0 Å². The van der Waals surface area contributed by atoms with Crippen molar-refractivity contribution >= 4 is 17.5 Å². The lowest BCUT2D eigenvalue weighted by atomic mass is 9.77. The molecule has 0 saturated carbocycles. The van der Waals surface area contributed by atoms with Gasteiger partial charge in [0.2, 0.25) is 5.95 Å². The Bertz CT molecular complexity index is 1190. The van der Waals surface area contributed by atoms with Crippen LogP contribution in [0, 0.1) is 24.5 Å². The largest absolute Gasteiger partial charge is 0.364 e. The van der Waals surface area contributed by atoms with Crippen molar-refractivity contribution in [3.8, 4) is 5.69 Å². The lowest BCUT2D eigenvalue weighted by molar-refractivity contribution is 0.0164. The third-order valence-corrected chi connectivity index (χ3v) is 7.16. The van der Waals surface area contributed by atoms with E-state index in [4.69, 9.17) is 0 Å². The number of hydrogen-bond acceptors (Lipinski definition) is 8. The van der Waals surface area contributed by atoms with Gasteiger partial charge in [-0.05, 0) is 81.1 Å².